The van der Waals surface area contributed by atoms with E-state index in [1.165, 1.54) is 11.8 Å². The molecule has 0 fully saturated rings. The van der Waals surface area contributed by atoms with Crippen LogP contribution in [0, 0.1) is 0 Å². The number of anilines is 1. The lowest BCUT2D eigenvalue weighted by molar-refractivity contribution is -0.117. The van der Waals surface area contributed by atoms with E-state index in [1.807, 2.05) is 24.3 Å². The Labute approximate surface area is 128 Å². The highest BCUT2D eigenvalue weighted by Gasteiger charge is 2.07. The molecular weight excluding hydrogens is 290 g/mol. The average Bonchev–Trinajstić information content (AvgIpc) is 2.45. The van der Waals surface area contributed by atoms with Gasteiger partial charge in [-0.3, -0.25) is 9.59 Å². The molecule has 7 heteroatoms. The molecule has 1 aromatic carbocycles. The van der Waals surface area contributed by atoms with E-state index in [0.717, 1.165) is 10.6 Å². The third kappa shape index (κ3) is 7.69. The fourth-order valence-corrected chi connectivity index (χ4v) is 2.50. The number of nitrogens with two attached hydrogens (primary N) is 1. The number of ether oxygens (including phenoxy) is 1. The van der Waals surface area contributed by atoms with Gasteiger partial charge in [0.2, 0.25) is 11.8 Å². The van der Waals surface area contributed by atoms with Crippen LogP contribution in [0.3, 0.4) is 0 Å². The van der Waals surface area contributed by atoms with Crippen molar-refractivity contribution in [2.45, 2.75) is 11.3 Å². The van der Waals surface area contributed by atoms with Crippen LogP contribution in [0.4, 0.5) is 5.69 Å². The fraction of sp³-hybridized carbons (Fsp3) is 0.429. The normalized spacial score (nSPS) is 10.3. The molecule has 0 aromatic heterocycles. The summed E-state index contributed by atoms with van der Waals surface area (Å²) >= 11 is 1.49. The number of nitrogens with one attached hydrogen (secondary N) is 2. The van der Waals surface area contributed by atoms with Crippen molar-refractivity contribution in [3.8, 4) is 0 Å². The molecule has 21 heavy (non-hydrogen) atoms. The Bertz CT molecular complexity index is 469. The van der Waals surface area contributed by atoms with Gasteiger partial charge in [0, 0.05) is 30.7 Å². The summed E-state index contributed by atoms with van der Waals surface area (Å²) in [6.07, 6.45) is 0.311. The number of carbonyl (C=O) groups excluding carboxylic acids is 2. The summed E-state index contributed by atoms with van der Waals surface area (Å²) in [6.45, 7) is 1.41. The Balaban J connectivity index is 2.46. The first-order valence-electron chi connectivity index (χ1n) is 6.63. The van der Waals surface area contributed by atoms with Gasteiger partial charge in [-0.1, -0.05) is 12.1 Å². The molecule has 0 aliphatic carbocycles. The molecule has 116 valence electrons. The summed E-state index contributed by atoms with van der Waals surface area (Å²) in [5.74, 6) is 0.148. The molecule has 4 N–H and O–H groups in total. The number of methoxy groups -OCH3 is 1. The third-order valence-corrected chi connectivity index (χ3v) is 3.61. The van der Waals surface area contributed by atoms with Crippen LogP contribution in [0.5, 0.6) is 0 Å². The molecular formula is C14H21N3O3S. The Morgan fingerprint density at radius 1 is 1.33 bits per heavy atom. The number of rotatable bonds is 10. The fourth-order valence-electron chi connectivity index (χ4n) is 1.53. The predicted octanol–water partition coefficient (Wildman–Crippen LogP) is 0.829. The summed E-state index contributed by atoms with van der Waals surface area (Å²) < 4.78 is 4.89. The van der Waals surface area contributed by atoms with Crippen molar-refractivity contribution in [1.29, 1.82) is 0 Å². The Kier molecular flexibility index (Phi) is 8.49. The molecule has 0 aliphatic heterocycles. The molecule has 1 aromatic rings. The molecule has 0 unspecified atom stereocenters. The second kappa shape index (κ2) is 10.2. The number of para-hydroxylation sites is 1. The van der Waals surface area contributed by atoms with Crippen LogP contribution in [0.25, 0.3) is 0 Å². The molecule has 0 bridgehead atoms. The standard InChI is InChI=1S/C14H21N3O3S/c1-20-8-7-16-10-14(19)17-11-4-2-3-5-12(11)21-9-6-13(15)18/h2-5,16H,6-10H2,1H3,(H2,15,18)(H,17,19). The zero-order valence-electron chi connectivity index (χ0n) is 12.1. The maximum atomic E-state index is 11.8. The van der Waals surface area contributed by atoms with Gasteiger partial charge in [-0.2, -0.15) is 0 Å². The van der Waals surface area contributed by atoms with Gasteiger partial charge in [-0.25, -0.2) is 0 Å². The number of hydrogen-bond donors (Lipinski definition) is 3. The van der Waals surface area contributed by atoms with E-state index in [9.17, 15) is 9.59 Å². The van der Waals surface area contributed by atoms with Crippen molar-refractivity contribution in [3.05, 3.63) is 24.3 Å². The summed E-state index contributed by atoms with van der Waals surface area (Å²) in [7, 11) is 1.61. The summed E-state index contributed by atoms with van der Waals surface area (Å²) in [4.78, 5) is 23.5. The van der Waals surface area contributed by atoms with E-state index in [1.54, 1.807) is 7.11 Å². The highest BCUT2D eigenvalue weighted by Crippen LogP contribution is 2.27. The molecule has 6 nitrogen and oxygen atoms in total. The number of primary amides is 1. The second-order valence-electron chi connectivity index (χ2n) is 4.28. The number of benzene rings is 1. The zero-order valence-corrected chi connectivity index (χ0v) is 12.9. The molecule has 2 amide bonds. The Morgan fingerprint density at radius 3 is 2.81 bits per heavy atom. The summed E-state index contributed by atoms with van der Waals surface area (Å²) in [6, 6.07) is 7.48. The van der Waals surface area contributed by atoms with Crippen LogP contribution in [-0.2, 0) is 14.3 Å². The lowest BCUT2D eigenvalue weighted by atomic mass is 10.3. The van der Waals surface area contributed by atoms with Gasteiger partial charge in [0.15, 0.2) is 0 Å². The van der Waals surface area contributed by atoms with Crippen molar-refractivity contribution in [1.82, 2.24) is 5.32 Å². The highest BCUT2D eigenvalue weighted by atomic mass is 32.2. The minimum atomic E-state index is -0.327. The Hall–Kier alpha value is -1.57. The summed E-state index contributed by atoms with van der Waals surface area (Å²) in [5.41, 5.74) is 5.86. The van der Waals surface area contributed by atoms with Gasteiger partial charge >= 0.3 is 0 Å². The van der Waals surface area contributed by atoms with Crippen LogP contribution in [-0.4, -0.2) is 44.4 Å². The average molecular weight is 311 g/mol. The quantitative estimate of drug-likeness (QED) is 0.439. The first kappa shape index (κ1) is 17.5. The lowest BCUT2D eigenvalue weighted by Gasteiger charge is -2.11. The first-order valence-corrected chi connectivity index (χ1v) is 7.61. The number of carbonyl (C=O) groups is 2. The first-order chi connectivity index (χ1) is 10.1. The minimum absolute atomic E-state index is 0.117. The van der Waals surface area contributed by atoms with E-state index in [4.69, 9.17) is 10.5 Å². The Morgan fingerprint density at radius 2 is 2.10 bits per heavy atom. The van der Waals surface area contributed by atoms with Gasteiger partial charge in [-0.15, -0.1) is 11.8 Å². The van der Waals surface area contributed by atoms with Crippen LogP contribution in [0.15, 0.2) is 29.2 Å². The van der Waals surface area contributed by atoms with Crippen LogP contribution >= 0.6 is 11.8 Å². The van der Waals surface area contributed by atoms with Gasteiger partial charge in [0.05, 0.1) is 18.8 Å². The van der Waals surface area contributed by atoms with Gasteiger partial charge in [0.1, 0.15) is 0 Å². The summed E-state index contributed by atoms with van der Waals surface area (Å²) in [5, 5.41) is 5.83. The van der Waals surface area contributed by atoms with Crippen molar-refractivity contribution >= 4 is 29.3 Å². The maximum Gasteiger partial charge on any atom is 0.238 e. The molecule has 0 heterocycles. The lowest BCUT2D eigenvalue weighted by Crippen LogP contribution is -2.30. The van der Waals surface area contributed by atoms with Crippen LogP contribution in [0.1, 0.15) is 6.42 Å². The predicted molar refractivity (Wildman–Crippen MR) is 84.4 cm³/mol. The highest BCUT2D eigenvalue weighted by molar-refractivity contribution is 7.99. The zero-order chi connectivity index (χ0) is 15.5. The maximum absolute atomic E-state index is 11.8. The SMILES string of the molecule is COCCNCC(=O)Nc1ccccc1SCCC(N)=O. The minimum Gasteiger partial charge on any atom is -0.383 e. The molecule has 0 spiro atoms. The molecule has 0 atom stereocenters. The van der Waals surface area contributed by atoms with Gasteiger partial charge in [-0.05, 0) is 12.1 Å². The number of amides is 2. The molecule has 0 saturated heterocycles. The molecule has 1 rings (SSSR count). The van der Waals surface area contributed by atoms with Crippen molar-refractivity contribution in [2.24, 2.45) is 5.73 Å². The largest absolute Gasteiger partial charge is 0.383 e. The second-order valence-corrected chi connectivity index (χ2v) is 5.42. The number of hydrogen-bond acceptors (Lipinski definition) is 5. The molecule has 0 radical (unpaired) electrons. The van der Waals surface area contributed by atoms with Gasteiger partial charge < -0.3 is 21.1 Å². The molecule has 0 aliphatic rings. The topological polar surface area (TPSA) is 93.4 Å². The number of thioether (sulfide) groups is 1. The van der Waals surface area contributed by atoms with E-state index < -0.39 is 0 Å². The van der Waals surface area contributed by atoms with Crippen LogP contribution in [0.2, 0.25) is 0 Å². The van der Waals surface area contributed by atoms with E-state index >= 15 is 0 Å². The third-order valence-electron chi connectivity index (χ3n) is 2.54. The monoisotopic (exact) mass is 311 g/mol. The smallest absolute Gasteiger partial charge is 0.238 e. The van der Waals surface area contributed by atoms with Crippen LogP contribution < -0.4 is 16.4 Å². The van der Waals surface area contributed by atoms with Crippen molar-refractivity contribution < 1.29 is 14.3 Å². The van der Waals surface area contributed by atoms with E-state index in [0.29, 0.717) is 25.3 Å². The van der Waals surface area contributed by atoms with Crippen molar-refractivity contribution in [3.63, 3.8) is 0 Å². The molecule has 0 saturated carbocycles. The van der Waals surface area contributed by atoms with E-state index in [2.05, 4.69) is 10.6 Å². The van der Waals surface area contributed by atoms with Gasteiger partial charge in [0.25, 0.3) is 0 Å². The van der Waals surface area contributed by atoms with E-state index in [-0.39, 0.29) is 18.4 Å². The van der Waals surface area contributed by atoms with Crippen molar-refractivity contribution in [2.75, 3.05) is 37.9 Å².